The van der Waals surface area contributed by atoms with E-state index >= 15 is 0 Å². The zero-order chi connectivity index (χ0) is 11.7. The molecule has 0 amide bonds. The number of aliphatic carboxylic acids is 1. The van der Waals surface area contributed by atoms with Crippen molar-refractivity contribution in [3.05, 3.63) is 23.8 Å². The van der Waals surface area contributed by atoms with Gasteiger partial charge in [0.25, 0.3) is 0 Å². The van der Waals surface area contributed by atoms with E-state index in [4.69, 9.17) is 9.84 Å². The molecule has 1 aliphatic rings. The van der Waals surface area contributed by atoms with Crippen LogP contribution in [0.2, 0.25) is 0 Å². The van der Waals surface area contributed by atoms with E-state index in [2.05, 4.69) is 0 Å². The second-order valence-corrected chi connectivity index (χ2v) is 4.21. The van der Waals surface area contributed by atoms with Crippen molar-refractivity contribution in [3.63, 3.8) is 0 Å². The number of phenols is 1. The minimum Gasteiger partial charge on any atom is -0.508 e. The molecule has 2 N–H and O–H groups in total. The van der Waals surface area contributed by atoms with Gasteiger partial charge in [-0.15, -0.1) is 0 Å². The van der Waals surface area contributed by atoms with E-state index in [-0.39, 0.29) is 11.7 Å². The van der Waals surface area contributed by atoms with Crippen molar-refractivity contribution in [2.75, 3.05) is 6.61 Å². The van der Waals surface area contributed by atoms with Gasteiger partial charge in [-0.05, 0) is 24.6 Å². The predicted molar refractivity (Wildman–Crippen MR) is 57.8 cm³/mol. The Kier molecular flexibility index (Phi) is 2.73. The number of phenolic OH excluding ortho intramolecular Hbond substituents is 1. The molecule has 2 unspecified atom stereocenters. The van der Waals surface area contributed by atoms with Gasteiger partial charge < -0.3 is 14.9 Å². The van der Waals surface area contributed by atoms with Crippen LogP contribution in [0.1, 0.15) is 24.8 Å². The molecule has 0 saturated heterocycles. The summed E-state index contributed by atoms with van der Waals surface area (Å²) in [5.74, 6) is -0.193. The molecule has 4 nitrogen and oxygen atoms in total. The Bertz CT molecular complexity index is 413. The van der Waals surface area contributed by atoms with Gasteiger partial charge in [-0.25, -0.2) is 0 Å². The minimum atomic E-state index is -0.798. The number of hydrogen-bond acceptors (Lipinski definition) is 3. The Morgan fingerprint density at radius 3 is 3.06 bits per heavy atom. The first-order chi connectivity index (χ1) is 7.58. The summed E-state index contributed by atoms with van der Waals surface area (Å²) in [6, 6.07) is 4.94. The fourth-order valence-corrected chi connectivity index (χ4v) is 1.99. The van der Waals surface area contributed by atoms with Gasteiger partial charge in [-0.2, -0.15) is 0 Å². The van der Waals surface area contributed by atoms with Crippen LogP contribution in [0, 0.1) is 5.92 Å². The number of rotatable bonds is 3. The summed E-state index contributed by atoms with van der Waals surface area (Å²) in [5, 5.41) is 18.2. The zero-order valence-corrected chi connectivity index (χ0v) is 9.01. The largest absolute Gasteiger partial charge is 0.508 e. The smallest absolute Gasteiger partial charge is 0.306 e. The molecule has 0 aliphatic carbocycles. The summed E-state index contributed by atoms with van der Waals surface area (Å²) in [4.78, 5) is 10.8. The van der Waals surface area contributed by atoms with Crippen LogP contribution in [-0.2, 0) is 4.79 Å². The highest BCUT2D eigenvalue weighted by atomic mass is 16.5. The summed E-state index contributed by atoms with van der Waals surface area (Å²) < 4.78 is 5.44. The maximum atomic E-state index is 10.8. The van der Waals surface area contributed by atoms with Gasteiger partial charge in [0.2, 0.25) is 0 Å². The summed E-state index contributed by atoms with van der Waals surface area (Å²) in [7, 11) is 0. The van der Waals surface area contributed by atoms with Gasteiger partial charge in [0.1, 0.15) is 11.5 Å². The molecule has 0 bridgehead atoms. The van der Waals surface area contributed by atoms with E-state index in [0.29, 0.717) is 13.0 Å². The van der Waals surface area contributed by atoms with Crippen LogP contribution in [0.3, 0.4) is 0 Å². The molecule has 4 heteroatoms. The second-order valence-electron chi connectivity index (χ2n) is 4.21. The lowest BCUT2D eigenvalue weighted by Crippen LogP contribution is -2.14. The molecule has 0 saturated carbocycles. The first-order valence-corrected chi connectivity index (χ1v) is 5.26. The normalized spacial score (nSPS) is 19.9. The molecule has 0 spiro atoms. The molecule has 16 heavy (non-hydrogen) atoms. The predicted octanol–water partition coefficient (Wildman–Crippen LogP) is 1.98. The van der Waals surface area contributed by atoms with E-state index in [1.165, 1.54) is 0 Å². The molecule has 1 aromatic carbocycles. The Morgan fingerprint density at radius 2 is 2.38 bits per heavy atom. The fourth-order valence-electron chi connectivity index (χ4n) is 1.99. The molecule has 2 atom stereocenters. The van der Waals surface area contributed by atoms with Crippen molar-refractivity contribution in [1.29, 1.82) is 0 Å². The minimum absolute atomic E-state index is 0.0631. The van der Waals surface area contributed by atoms with Crippen molar-refractivity contribution in [1.82, 2.24) is 0 Å². The molecule has 0 radical (unpaired) electrons. The summed E-state index contributed by atoms with van der Waals surface area (Å²) in [6.07, 6.45) is 0.534. The molecule has 2 rings (SSSR count). The van der Waals surface area contributed by atoms with E-state index in [1.54, 1.807) is 25.1 Å². The molecule has 0 aromatic heterocycles. The third-order valence-corrected chi connectivity index (χ3v) is 2.93. The van der Waals surface area contributed by atoms with Gasteiger partial charge in [0.15, 0.2) is 0 Å². The van der Waals surface area contributed by atoms with Crippen LogP contribution in [0.4, 0.5) is 0 Å². The lowest BCUT2D eigenvalue weighted by Gasteiger charge is -2.11. The fraction of sp³-hybridized carbons (Fsp3) is 0.417. The number of ether oxygens (including phenoxy) is 1. The Labute approximate surface area is 93.5 Å². The molecule has 1 heterocycles. The number of carboxylic acids is 1. The molecule has 1 aromatic rings. The SMILES string of the molecule is CC(CC1COc2ccc(O)cc21)C(=O)O. The van der Waals surface area contributed by atoms with Gasteiger partial charge in [-0.3, -0.25) is 4.79 Å². The highest BCUT2D eigenvalue weighted by molar-refractivity contribution is 5.69. The number of benzene rings is 1. The average Bonchev–Trinajstić information content (AvgIpc) is 2.61. The number of carboxylic acid groups (broad SMARTS) is 1. The third kappa shape index (κ3) is 1.96. The highest BCUT2D eigenvalue weighted by Gasteiger charge is 2.27. The summed E-state index contributed by atoms with van der Waals surface area (Å²) in [6.45, 7) is 2.18. The number of carbonyl (C=O) groups is 1. The van der Waals surface area contributed by atoms with E-state index in [1.807, 2.05) is 0 Å². The standard InChI is InChI=1S/C12H14O4/c1-7(12(14)15)4-8-6-16-11-3-2-9(13)5-10(8)11/h2-3,5,7-8,13H,4,6H2,1H3,(H,14,15). The Balaban J connectivity index is 2.17. The maximum absolute atomic E-state index is 10.8. The second kappa shape index (κ2) is 4.04. The Morgan fingerprint density at radius 1 is 1.62 bits per heavy atom. The van der Waals surface area contributed by atoms with Gasteiger partial charge in [0, 0.05) is 11.5 Å². The van der Waals surface area contributed by atoms with Crippen molar-refractivity contribution in [2.45, 2.75) is 19.3 Å². The summed E-state index contributed by atoms with van der Waals surface area (Å²) >= 11 is 0. The van der Waals surface area contributed by atoms with Gasteiger partial charge >= 0.3 is 5.97 Å². The van der Waals surface area contributed by atoms with E-state index < -0.39 is 11.9 Å². The monoisotopic (exact) mass is 222 g/mol. The first-order valence-electron chi connectivity index (χ1n) is 5.26. The van der Waals surface area contributed by atoms with Crippen molar-refractivity contribution in [2.24, 2.45) is 5.92 Å². The number of aromatic hydroxyl groups is 1. The average molecular weight is 222 g/mol. The van der Waals surface area contributed by atoms with Crippen LogP contribution in [0.15, 0.2) is 18.2 Å². The van der Waals surface area contributed by atoms with Crippen molar-refractivity contribution >= 4 is 5.97 Å². The maximum Gasteiger partial charge on any atom is 0.306 e. The molecule has 0 fully saturated rings. The molecule has 1 aliphatic heterocycles. The van der Waals surface area contributed by atoms with Crippen LogP contribution in [-0.4, -0.2) is 22.8 Å². The molecule has 86 valence electrons. The van der Waals surface area contributed by atoms with Crippen LogP contribution in [0.5, 0.6) is 11.5 Å². The number of fused-ring (bicyclic) bond motifs is 1. The highest BCUT2D eigenvalue weighted by Crippen LogP contribution is 2.39. The van der Waals surface area contributed by atoms with Crippen LogP contribution in [0.25, 0.3) is 0 Å². The molecular formula is C12H14O4. The van der Waals surface area contributed by atoms with Gasteiger partial charge in [-0.1, -0.05) is 6.92 Å². The number of hydrogen-bond donors (Lipinski definition) is 2. The first kappa shape index (κ1) is 10.8. The quantitative estimate of drug-likeness (QED) is 0.820. The van der Waals surface area contributed by atoms with E-state index in [9.17, 15) is 9.90 Å². The third-order valence-electron chi connectivity index (χ3n) is 2.93. The van der Waals surface area contributed by atoms with E-state index in [0.717, 1.165) is 11.3 Å². The van der Waals surface area contributed by atoms with Crippen LogP contribution >= 0.6 is 0 Å². The lowest BCUT2D eigenvalue weighted by atomic mass is 9.91. The Hall–Kier alpha value is -1.71. The zero-order valence-electron chi connectivity index (χ0n) is 9.01. The lowest BCUT2D eigenvalue weighted by molar-refractivity contribution is -0.141. The van der Waals surface area contributed by atoms with Crippen molar-refractivity contribution < 1.29 is 19.7 Å². The topological polar surface area (TPSA) is 66.8 Å². The van der Waals surface area contributed by atoms with Crippen LogP contribution < -0.4 is 4.74 Å². The van der Waals surface area contributed by atoms with Gasteiger partial charge in [0.05, 0.1) is 12.5 Å². The summed E-state index contributed by atoms with van der Waals surface area (Å²) in [5.41, 5.74) is 0.910. The molecular weight excluding hydrogens is 208 g/mol. The van der Waals surface area contributed by atoms with Crippen molar-refractivity contribution in [3.8, 4) is 11.5 Å².